The zero-order valence-corrected chi connectivity index (χ0v) is 14.7. The summed E-state index contributed by atoms with van der Waals surface area (Å²) in [7, 11) is 0. The van der Waals surface area contributed by atoms with Crippen LogP contribution in [0, 0.1) is 0 Å². The number of rotatable bonds is 10. The van der Waals surface area contributed by atoms with Crippen molar-refractivity contribution in [3.05, 3.63) is 71.8 Å². The van der Waals surface area contributed by atoms with Gasteiger partial charge >= 0.3 is 0 Å². The van der Waals surface area contributed by atoms with Crippen LogP contribution in [-0.2, 0) is 14.3 Å². The van der Waals surface area contributed by atoms with Gasteiger partial charge in [0.25, 0.3) is 11.8 Å². The molecule has 27 heavy (non-hydrogen) atoms. The monoisotopic (exact) mass is 368 g/mol. The van der Waals surface area contributed by atoms with Crippen LogP contribution in [0.4, 0.5) is 0 Å². The van der Waals surface area contributed by atoms with E-state index < -0.39 is 11.8 Å². The van der Waals surface area contributed by atoms with Gasteiger partial charge in [0.2, 0.25) is 12.8 Å². The first-order valence-electron chi connectivity index (χ1n) is 8.37. The molecule has 0 radical (unpaired) electrons. The topological polar surface area (TPSA) is 84.0 Å². The molecule has 0 saturated heterocycles. The van der Waals surface area contributed by atoms with Crippen LogP contribution in [-0.4, -0.2) is 60.7 Å². The van der Waals surface area contributed by atoms with Gasteiger partial charge in [0.05, 0.1) is 26.3 Å². The van der Waals surface area contributed by atoms with Crippen LogP contribution in [0.5, 0.6) is 0 Å². The smallest absolute Gasteiger partial charge is 0.260 e. The average Bonchev–Trinajstić information content (AvgIpc) is 2.74. The first-order chi connectivity index (χ1) is 13.2. The van der Waals surface area contributed by atoms with Gasteiger partial charge < -0.3 is 4.74 Å². The Balaban J connectivity index is 1.76. The molecule has 2 rings (SSSR count). The molecule has 2 aromatic rings. The lowest BCUT2D eigenvalue weighted by Gasteiger charge is -2.17. The van der Waals surface area contributed by atoms with Crippen molar-refractivity contribution in [3.8, 4) is 0 Å². The second-order valence-electron chi connectivity index (χ2n) is 5.55. The van der Waals surface area contributed by atoms with Crippen LogP contribution in [0.25, 0.3) is 0 Å². The van der Waals surface area contributed by atoms with Crippen LogP contribution in [0.3, 0.4) is 0 Å². The van der Waals surface area contributed by atoms with Gasteiger partial charge in [-0.05, 0) is 24.3 Å². The highest BCUT2D eigenvalue weighted by Crippen LogP contribution is 2.04. The van der Waals surface area contributed by atoms with Gasteiger partial charge in [-0.15, -0.1) is 0 Å². The van der Waals surface area contributed by atoms with E-state index in [1.54, 1.807) is 60.7 Å². The van der Waals surface area contributed by atoms with Crippen LogP contribution >= 0.6 is 0 Å². The molecule has 2 aromatic carbocycles. The summed E-state index contributed by atoms with van der Waals surface area (Å²) in [5, 5.41) is 0. The molecule has 0 aliphatic heterocycles. The summed E-state index contributed by atoms with van der Waals surface area (Å²) in [6, 6.07) is 16.9. The third-order valence-electron chi connectivity index (χ3n) is 3.77. The lowest BCUT2D eigenvalue weighted by Crippen LogP contribution is -2.35. The first kappa shape index (κ1) is 20.0. The van der Waals surface area contributed by atoms with Crippen molar-refractivity contribution in [1.82, 2.24) is 9.80 Å². The molecule has 0 saturated carbocycles. The summed E-state index contributed by atoms with van der Waals surface area (Å²) in [6.07, 6.45) is 0.907. The number of nitrogens with zero attached hydrogens (tertiary/aromatic N) is 2. The van der Waals surface area contributed by atoms with E-state index in [0.29, 0.717) is 23.9 Å². The number of hydrogen-bond donors (Lipinski definition) is 0. The third-order valence-corrected chi connectivity index (χ3v) is 3.77. The maximum atomic E-state index is 12.2. The van der Waals surface area contributed by atoms with Crippen LogP contribution < -0.4 is 0 Å². The molecule has 0 unspecified atom stereocenters. The summed E-state index contributed by atoms with van der Waals surface area (Å²) in [5.74, 6) is -0.828. The highest BCUT2D eigenvalue weighted by Gasteiger charge is 2.16. The van der Waals surface area contributed by atoms with Crippen molar-refractivity contribution in [2.24, 2.45) is 0 Å². The number of carbonyl (C=O) groups excluding carboxylic acids is 4. The lowest BCUT2D eigenvalue weighted by atomic mass is 10.2. The molecule has 140 valence electrons. The number of imide groups is 2. The summed E-state index contributed by atoms with van der Waals surface area (Å²) in [6.45, 7) is 0.350. The SMILES string of the molecule is O=CN(CCOCCN(C=O)C(=O)c1ccccc1)C(=O)c1ccccc1. The van der Waals surface area contributed by atoms with E-state index in [-0.39, 0.29) is 26.3 Å². The molecule has 0 fully saturated rings. The fraction of sp³-hybridized carbons (Fsp3) is 0.200. The summed E-state index contributed by atoms with van der Waals surface area (Å²) >= 11 is 0. The Bertz CT molecular complexity index is 699. The van der Waals surface area contributed by atoms with E-state index in [2.05, 4.69) is 0 Å². The number of amides is 4. The normalized spacial score (nSPS) is 10.1. The second kappa shape index (κ2) is 10.6. The standard InChI is InChI=1S/C20H20N2O5/c23-15-21(19(25)17-7-3-1-4-8-17)11-13-27-14-12-22(16-24)20(26)18-9-5-2-6-10-18/h1-10,15-16H,11-14H2. The van der Waals surface area contributed by atoms with Crippen LogP contribution in [0.2, 0.25) is 0 Å². The number of carbonyl (C=O) groups is 4. The minimum Gasteiger partial charge on any atom is -0.378 e. The molecule has 0 N–H and O–H groups in total. The number of hydrogen-bond acceptors (Lipinski definition) is 5. The minimum absolute atomic E-state index is 0.0744. The lowest BCUT2D eigenvalue weighted by molar-refractivity contribution is -0.116. The van der Waals surface area contributed by atoms with Crippen molar-refractivity contribution >= 4 is 24.6 Å². The molecule has 0 atom stereocenters. The Morgan fingerprint density at radius 2 is 1.07 bits per heavy atom. The Morgan fingerprint density at radius 3 is 1.41 bits per heavy atom. The molecule has 0 aliphatic rings. The molecule has 0 aromatic heterocycles. The largest absolute Gasteiger partial charge is 0.378 e. The Hall–Kier alpha value is -3.32. The van der Waals surface area contributed by atoms with Gasteiger partial charge in [0, 0.05) is 11.1 Å². The fourth-order valence-electron chi connectivity index (χ4n) is 2.33. The molecule has 4 amide bonds. The highest BCUT2D eigenvalue weighted by molar-refractivity contribution is 6.00. The van der Waals surface area contributed by atoms with Gasteiger partial charge in [0.1, 0.15) is 0 Å². The Morgan fingerprint density at radius 1 is 0.704 bits per heavy atom. The quantitative estimate of drug-likeness (QED) is 0.470. The van der Waals surface area contributed by atoms with E-state index in [1.165, 1.54) is 0 Å². The Kier molecular flexibility index (Phi) is 7.87. The van der Waals surface area contributed by atoms with Crippen molar-refractivity contribution in [1.29, 1.82) is 0 Å². The first-order valence-corrected chi connectivity index (χ1v) is 8.37. The number of benzene rings is 2. The van der Waals surface area contributed by atoms with Gasteiger partial charge in [0.15, 0.2) is 0 Å². The fourth-order valence-corrected chi connectivity index (χ4v) is 2.33. The van der Waals surface area contributed by atoms with Gasteiger partial charge in [-0.25, -0.2) is 0 Å². The predicted octanol–water partition coefficient (Wildman–Crippen LogP) is 1.60. The molecule has 0 aliphatic carbocycles. The number of ether oxygens (including phenoxy) is 1. The van der Waals surface area contributed by atoms with E-state index in [4.69, 9.17) is 4.74 Å². The van der Waals surface area contributed by atoms with E-state index in [1.807, 2.05) is 0 Å². The molecule has 0 bridgehead atoms. The van der Waals surface area contributed by atoms with Gasteiger partial charge in [-0.3, -0.25) is 29.0 Å². The van der Waals surface area contributed by atoms with Gasteiger partial charge in [-0.2, -0.15) is 0 Å². The molecule has 0 heterocycles. The van der Waals surface area contributed by atoms with E-state index in [0.717, 1.165) is 9.80 Å². The maximum Gasteiger partial charge on any atom is 0.260 e. The van der Waals surface area contributed by atoms with Gasteiger partial charge in [-0.1, -0.05) is 36.4 Å². The zero-order valence-electron chi connectivity index (χ0n) is 14.7. The summed E-state index contributed by atoms with van der Waals surface area (Å²) < 4.78 is 5.36. The molecule has 7 heteroatoms. The molecule has 0 spiro atoms. The Labute approximate surface area is 157 Å². The minimum atomic E-state index is -0.414. The van der Waals surface area contributed by atoms with Crippen LogP contribution in [0.15, 0.2) is 60.7 Å². The predicted molar refractivity (Wildman–Crippen MR) is 97.9 cm³/mol. The summed E-state index contributed by atoms with van der Waals surface area (Å²) in [5.41, 5.74) is 0.815. The average molecular weight is 368 g/mol. The van der Waals surface area contributed by atoms with Crippen molar-refractivity contribution < 1.29 is 23.9 Å². The molecular weight excluding hydrogens is 348 g/mol. The van der Waals surface area contributed by atoms with E-state index >= 15 is 0 Å². The summed E-state index contributed by atoms with van der Waals surface area (Å²) in [4.78, 5) is 48.7. The zero-order chi connectivity index (χ0) is 19.5. The maximum absolute atomic E-state index is 12.2. The molecular formula is C20H20N2O5. The van der Waals surface area contributed by atoms with E-state index in [9.17, 15) is 19.2 Å². The van der Waals surface area contributed by atoms with Crippen LogP contribution in [0.1, 0.15) is 20.7 Å². The molecule has 7 nitrogen and oxygen atoms in total. The second-order valence-corrected chi connectivity index (χ2v) is 5.55. The van der Waals surface area contributed by atoms with Crippen molar-refractivity contribution in [3.63, 3.8) is 0 Å². The third kappa shape index (κ3) is 5.86. The van der Waals surface area contributed by atoms with Crippen molar-refractivity contribution in [2.45, 2.75) is 0 Å². The highest BCUT2D eigenvalue weighted by atomic mass is 16.5. The van der Waals surface area contributed by atoms with Crippen molar-refractivity contribution in [2.75, 3.05) is 26.3 Å².